The Labute approximate surface area is 153 Å². The number of aromatic nitrogens is 3. The van der Waals surface area contributed by atoms with Crippen molar-refractivity contribution in [1.82, 2.24) is 15.0 Å². The normalized spacial score (nSPS) is 12.4. The molecule has 8 heteroatoms. The summed E-state index contributed by atoms with van der Waals surface area (Å²) in [4.78, 5) is 32.5. The number of carbonyl (C=O) groups is 1. The van der Waals surface area contributed by atoms with E-state index >= 15 is 0 Å². The quantitative estimate of drug-likeness (QED) is 0.603. The average Bonchev–Trinajstić information content (AvgIpc) is 2.96. The number of hydrogen-bond donors (Lipinski definition) is 3. The standard InChI is InChI=1S/C18H17ClFN3O3/c1-2-9(5-8-12(24)25)15-14(19)13(10-3-6-11(20)7-4-10)16-17(21-15)23-18(26)22-16/h3-4,6-7,9H,2,5,8H2,1H3,(H,24,25)(H2,21,22,23,26)/t9-/m0/s1. The van der Waals surface area contributed by atoms with Crippen LogP contribution in [0.2, 0.25) is 5.02 Å². The molecule has 3 N–H and O–H groups in total. The summed E-state index contributed by atoms with van der Waals surface area (Å²) < 4.78 is 13.3. The average molecular weight is 378 g/mol. The number of hydrogen-bond acceptors (Lipinski definition) is 3. The number of aromatic amines is 2. The Balaban J connectivity index is 2.22. The lowest BCUT2D eigenvalue weighted by Gasteiger charge is -2.17. The maximum Gasteiger partial charge on any atom is 0.325 e. The van der Waals surface area contributed by atoms with Crippen LogP contribution in [0.3, 0.4) is 0 Å². The molecule has 1 atom stereocenters. The first-order valence-electron chi connectivity index (χ1n) is 8.19. The molecular formula is C18H17ClFN3O3. The highest BCUT2D eigenvalue weighted by molar-refractivity contribution is 6.35. The Kier molecular flexibility index (Phi) is 5.08. The fraction of sp³-hybridized carbons (Fsp3) is 0.278. The van der Waals surface area contributed by atoms with Gasteiger partial charge in [0.25, 0.3) is 0 Å². The van der Waals surface area contributed by atoms with Crippen LogP contribution in [0.4, 0.5) is 4.39 Å². The topological polar surface area (TPSA) is 98.8 Å². The van der Waals surface area contributed by atoms with E-state index in [2.05, 4.69) is 15.0 Å². The summed E-state index contributed by atoms with van der Waals surface area (Å²) in [5.41, 5.74) is 2.04. The molecule has 3 aromatic rings. The first kappa shape index (κ1) is 18.1. The van der Waals surface area contributed by atoms with Crippen molar-refractivity contribution >= 4 is 28.7 Å². The second kappa shape index (κ2) is 7.29. The van der Waals surface area contributed by atoms with Gasteiger partial charge in [-0.3, -0.25) is 9.78 Å². The number of pyridine rings is 1. The Bertz CT molecular complexity index is 1010. The Morgan fingerprint density at radius 3 is 2.62 bits per heavy atom. The predicted octanol–water partition coefficient (Wildman–Crippen LogP) is 4.07. The number of benzene rings is 1. The number of H-pyrrole nitrogens is 2. The summed E-state index contributed by atoms with van der Waals surface area (Å²) in [6.45, 7) is 1.92. The third-order valence-electron chi connectivity index (χ3n) is 4.35. The van der Waals surface area contributed by atoms with E-state index in [4.69, 9.17) is 16.7 Å². The van der Waals surface area contributed by atoms with Crippen LogP contribution in [0.1, 0.15) is 37.8 Å². The smallest absolute Gasteiger partial charge is 0.325 e. The minimum atomic E-state index is -0.894. The van der Waals surface area contributed by atoms with Gasteiger partial charge in [0.1, 0.15) is 5.82 Å². The second-order valence-corrected chi connectivity index (χ2v) is 6.41. The Hall–Kier alpha value is -2.67. The van der Waals surface area contributed by atoms with Gasteiger partial charge in [0.15, 0.2) is 5.65 Å². The third-order valence-corrected chi connectivity index (χ3v) is 4.74. The molecular weight excluding hydrogens is 361 g/mol. The molecule has 0 bridgehead atoms. The van der Waals surface area contributed by atoms with Crippen molar-refractivity contribution in [2.24, 2.45) is 0 Å². The van der Waals surface area contributed by atoms with Crippen LogP contribution in [0.25, 0.3) is 22.3 Å². The number of nitrogens with one attached hydrogen (secondary N) is 2. The van der Waals surface area contributed by atoms with E-state index in [-0.39, 0.29) is 18.2 Å². The first-order chi connectivity index (χ1) is 12.4. The molecule has 0 aliphatic heterocycles. The molecule has 0 saturated carbocycles. The van der Waals surface area contributed by atoms with E-state index < -0.39 is 11.7 Å². The monoisotopic (exact) mass is 377 g/mol. The highest BCUT2D eigenvalue weighted by Crippen LogP contribution is 2.39. The molecule has 0 saturated heterocycles. The molecule has 0 aliphatic rings. The molecule has 1 aromatic carbocycles. The summed E-state index contributed by atoms with van der Waals surface area (Å²) in [5.74, 6) is -1.46. The van der Waals surface area contributed by atoms with Gasteiger partial charge >= 0.3 is 11.7 Å². The summed E-state index contributed by atoms with van der Waals surface area (Å²) in [6.07, 6.45) is 1.01. The van der Waals surface area contributed by atoms with Gasteiger partial charge in [0.2, 0.25) is 0 Å². The van der Waals surface area contributed by atoms with Gasteiger partial charge in [-0.05, 0) is 30.5 Å². The number of fused-ring (bicyclic) bond motifs is 1. The molecule has 136 valence electrons. The van der Waals surface area contributed by atoms with E-state index in [0.717, 1.165) is 0 Å². The lowest BCUT2D eigenvalue weighted by atomic mass is 9.93. The van der Waals surface area contributed by atoms with Gasteiger partial charge in [-0.15, -0.1) is 0 Å². The van der Waals surface area contributed by atoms with Crippen molar-refractivity contribution in [2.45, 2.75) is 32.1 Å². The number of carboxylic acids is 1. The van der Waals surface area contributed by atoms with Crippen LogP contribution in [-0.4, -0.2) is 26.0 Å². The molecule has 6 nitrogen and oxygen atoms in total. The number of imidazole rings is 1. The molecule has 0 spiro atoms. The van der Waals surface area contributed by atoms with Crippen LogP contribution >= 0.6 is 11.6 Å². The summed E-state index contributed by atoms with van der Waals surface area (Å²) in [7, 11) is 0. The van der Waals surface area contributed by atoms with Gasteiger partial charge < -0.3 is 10.1 Å². The maximum absolute atomic E-state index is 13.3. The van der Waals surface area contributed by atoms with Crippen molar-refractivity contribution in [2.75, 3.05) is 0 Å². The number of aliphatic carboxylic acids is 1. The zero-order valence-electron chi connectivity index (χ0n) is 14.0. The van der Waals surface area contributed by atoms with E-state index in [1.165, 1.54) is 12.1 Å². The van der Waals surface area contributed by atoms with Crippen molar-refractivity contribution in [1.29, 1.82) is 0 Å². The molecule has 0 aliphatic carbocycles. The Morgan fingerprint density at radius 1 is 1.31 bits per heavy atom. The van der Waals surface area contributed by atoms with Crippen LogP contribution in [-0.2, 0) is 4.79 Å². The molecule has 26 heavy (non-hydrogen) atoms. The van der Waals surface area contributed by atoms with Crippen molar-refractivity contribution in [3.63, 3.8) is 0 Å². The van der Waals surface area contributed by atoms with E-state index in [9.17, 15) is 14.0 Å². The highest BCUT2D eigenvalue weighted by Gasteiger charge is 2.23. The molecule has 3 rings (SSSR count). The highest BCUT2D eigenvalue weighted by atomic mass is 35.5. The number of halogens is 2. The minimum absolute atomic E-state index is 0.00983. The van der Waals surface area contributed by atoms with Crippen molar-refractivity contribution in [3.8, 4) is 11.1 Å². The maximum atomic E-state index is 13.3. The van der Waals surface area contributed by atoms with Crippen molar-refractivity contribution < 1.29 is 14.3 Å². The number of rotatable bonds is 6. The fourth-order valence-electron chi connectivity index (χ4n) is 3.04. The molecule has 0 radical (unpaired) electrons. The van der Waals surface area contributed by atoms with Gasteiger partial charge in [-0.25, -0.2) is 14.2 Å². The fourth-order valence-corrected chi connectivity index (χ4v) is 3.44. The lowest BCUT2D eigenvalue weighted by molar-refractivity contribution is -0.137. The summed E-state index contributed by atoms with van der Waals surface area (Å²) in [6, 6.07) is 5.76. The molecule has 2 aromatic heterocycles. The van der Waals surface area contributed by atoms with E-state index in [1.54, 1.807) is 12.1 Å². The zero-order valence-corrected chi connectivity index (χ0v) is 14.7. The number of nitrogens with zero attached hydrogens (tertiary/aromatic N) is 1. The molecule has 0 amide bonds. The van der Waals surface area contributed by atoms with Crippen LogP contribution < -0.4 is 5.69 Å². The van der Waals surface area contributed by atoms with Crippen LogP contribution in [0.5, 0.6) is 0 Å². The first-order valence-corrected chi connectivity index (χ1v) is 8.57. The second-order valence-electron chi connectivity index (χ2n) is 6.03. The summed E-state index contributed by atoms with van der Waals surface area (Å²) >= 11 is 6.62. The minimum Gasteiger partial charge on any atom is -0.481 e. The van der Waals surface area contributed by atoms with Gasteiger partial charge in [-0.2, -0.15) is 0 Å². The molecule has 0 fully saturated rings. The zero-order chi connectivity index (χ0) is 18.8. The van der Waals surface area contributed by atoms with Gasteiger partial charge in [0, 0.05) is 17.9 Å². The third kappa shape index (κ3) is 3.48. The van der Waals surface area contributed by atoms with Crippen LogP contribution in [0, 0.1) is 5.82 Å². The SMILES string of the molecule is CC[C@@H](CCC(=O)O)c1nc2[nH]c(=O)[nH]c2c(-c2ccc(F)cc2)c1Cl. The molecule has 2 heterocycles. The number of carboxylic acid groups (broad SMARTS) is 1. The summed E-state index contributed by atoms with van der Waals surface area (Å²) in [5, 5.41) is 9.30. The largest absolute Gasteiger partial charge is 0.481 e. The van der Waals surface area contributed by atoms with Crippen molar-refractivity contribution in [3.05, 3.63) is 51.3 Å². The van der Waals surface area contributed by atoms with Crippen LogP contribution in [0.15, 0.2) is 29.1 Å². The van der Waals surface area contributed by atoms with Gasteiger partial charge in [-0.1, -0.05) is 30.7 Å². The van der Waals surface area contributed by atoms with E-state index in [0.29, 0.717) is 45.8 Å². The molecule has 0 unspecified atom stereocenters. The predicted molar refractivity (Wildman–Crippen MR) is 97.0 cm³/mol. The lowest BCUT2D eigenvalue weighted by Crippen LogP contribution is -2.06. The van der Waals surface area contributed by atoms with E-state index in [1.807, 2.05) is 6.92 Å². The van der Waals surface area contributed by atoms with Gasteiger partial charge in [0.05, 0.1) is 16.2 Å². The Morgan fingerprint density at radius 2 is 2.00 bits per heavy atom.